The van der Waals surface area contributed by atoms with Gasteiger partial charge in [0.2, 0.25) is 5.91 Å². The van der Waals surface area contributed by atoms with Crippen LogP contribution in [0.5, 0.6) is 0 Å². The van der Waals surface area contributed by atoms with Gasteiger partial charge >= 0.3 is 0 Å². The molecular formula is C16H23N7O. The van der Waals surface area contributed by atoms with E-state index < -0.39 is 5.54 Å². The van der Waals surface area contributed by atoms with Crippen LogP contribution in [0.2, 0.25) is 0 Å². The maximum atomic E-state index is 12.2. The molecule has 8 heteroatoms. The molecule has 1 atom stereocenters. The minimum absolute atomic E-state index is 0.0836. The van der Waals surface area contributed by atoms with Gasteiger partial charge in [0, 0.05) is 32.4 Å². The van der Waals surface area contributed by atoms with Crippen molar-refractivity contribution in [3.05, 3.63) is 24.2 Å². The molecule has 0 aromatic carbocycles. The first-order valence-electron chi connectivity index (χ1n) is 8.04. The van der Waals surface area contributed by atoms with Gasteiger partial charge in [-0.1, -0.05) is 6.92 Å². The molecule has 3 rings (SSSR count). The summed E-state index contributed by atoms with van der Waals surface area (Å²) in [7, 11) is 3.46. The number of nitrogens with zero attached hydrogens (tertiary/aromatic N) is 5. The van der Waals surface area contributed by atoms with Crippen LogP contribution in [0.1, 0.15) is 32.4 Å². The maximum Gasteiger partial charge on any atom is 0.231 e. The third-order valence-corrected chi connectivity index (χ3v) is 4.44. The van der Waals surface area contributed by atoms with Crippen LogP contribution in [-0.2, 0) is 23.9 Å². The highest BCUT2D eigenvalue weighted by Gasteiger charge is 2.40. The monoisotopic (exact) mass is 329 g/mol. The predicted molar refractivity (Wildman–Crippen MR) is 90.3 cm³/mol. The number of amides is 1. The Labute approximate surface area is 141 Å². The lowest BCUT2D eigenvalue weighted by atomic mass is 9.90. The van der Waals surface area contributed by atoms with Crippen LogP contribution >= 0.6 is 0 Å². The third-order valence-electron chi connectivity index (χ3n) is 4.44. The number of carbonyl (C=O) groups is 1. The Hall–Kier alpha value is -2.64. The Morgan fingerprint density at radius 1 is 1.42 bits per heavy atom. The summed E-state index contributed by atoms with van der Waals surface area (Å²) in [4.78, 5) is 13.5. The van der Waals surface area contributed by atoms with Gasteiger partial charge in [0.15, 0.2) is 5.96 Å². The highest BCUT2D eigenvalue weighted by Crippen LogP contribution is 2.31. The average molecular weight is 329 g/mol. The van der Waals surface area contributed by atoms with Crippen LogP contribution in [0.3, 0.4) is 0 Å². The highest BCUT2D eigenvalue weighted by atomic mass is 16.2. The Bertz CT molecular complexity index is 770. The zero-order valence-corrected chi connectivity index (χ0v) is 14.5. The molecule has 128 valence electrons. The van der Waals surface area contributed by atoms with E-state index in [0.29, 0.717) is 0 Å². The first-order valence-corrected chi connectivity index (χ1v) is 8.04. The zero-order chi connectivity index (χ0) is 17.5. The van der Waals surface area contributed by atoms with Crippen molar-refractivity contribution in [1.82, 2.24) is 29.8 Å². The minimum Gasteiger partial charge on any atom is -0.345 e. The number of aromatic nitrogens is 4. The summed E-state index contributed by atoms with van der Waals surface area (Å²) in [6, 6.07) is 1.96. The Morgan fingerprint density at radius 3 is 2.83 bits per heavy atom. The highest BCUT2D eigenvalue weighted by molar-refractivity contribution is 5.98. The normalized spacial score (nSPS) is 21.2. The van der Waals surface area contributed by atoms with E-state index >= 15 is 0 Å². The number of hydrogen-bond donors (Lipinski definition) is 2. The standard InChI is InChI=1S/C16H23N7O/c1-5-6-23-10-11(9-18-23)12-7-13(22(4)20-12)16(2)8-14(24)21(3)15(17)19-16/h7,9-10H,5-6,8H2,1-4H3,(H2,17,19)/t16-/m0/s1. The van der Waals surface area contributed by atoms with Crippen molar-refractivity contribution in [2.45, 2.75) is 38.8 Å². The van der Waals surface area contributed by atoms with Crippen molar-refractivity contribution >= 4 is 11.9 Å². The minimum atomic E-state index is -0.653. The number of carbonyl (C=O) groups excluding carboxylic acids is 1. The van der Waals surface area contributed by atoms with E-state index in [9.17, 15) is 4.79 Å². The molecule has 3 heterocycles. The van der Waals surface area contributed by atoms with Gasteiger partial charge in [-0.05, 0) is 19.4 Å². The van der Waals surface area contributed by atoms with E-state index in [1.54, 1.807) is 17.9 Å². The van der Waals surface area contributed by atoms with Crippen LogP contribution in [0.4, 0.5) is 0 Å². The summed E-state index contributed by atoms with van der Waals surface area (Å²) in [5.74, 6) is 0.0204. The van der Waals surface area contributed by atoms with E-state index in [1.807, 2.05) is 30.9 Å². The molecule has 0 aliphatic carbocycles. The van der Waals surface area contributed by atoms with E-state index in [-0.39, 0.29) is 18.3 Å². The summed E-state index contributed by atoms with van der Waals surface area (Å²) < 4.78 is 3.67. The van der Waals surface area contributed by atoms with E-state index in [0.717, 1.165) is 29.9 Å². The van der Waals surface area contributed by atoms with Crippen LogP contribution in [0.25, 0.3) is 11.3 Å². The molecule has 1 amide bonds. The van der Waals surface area contributed by atoms with E-state index in [1.165, 1.54) is 4.90 Å². The molecule has 0 saturated carbocycles. The Kier molecular flexibility index (Phi) is 3.90. The maximum absolute atomic E-state index is 12.2. The van der Waals surface area contributed by atoms with E-state index in [4.69, 9.17) is 5.41 Å². The van der Waals surface area contributed by atoms with Crippen molar-refractivity contribution in [2.24, 2.45) is 7.05 Å². The molecule has 0 radical (unpaired) electrons. The van der Waals surface area contributed by atoms with Gasteiger partial charge in [0.05, 0.1) is 29.5 Å². The second-order valence-electron chi connectivity index (χ2n) is 6.47. The van der Waals surface area contributed by atoms with Gasteiger partial charge in [0.25, 0.3) is 0 Å². The molecule has 8 nitrogen and oxygen atoms in total. The number of hydrogen-bond acceptors (Lipinski definition) is 4. The van der Waals surface area contributed by atoms with Gasteiger partial charge < -0.3 is 5.32 Å². The van der Waals surface area contributed by atoms with Crippen molar-refractivity contribution in [3.8, 4) is 11.3 Å². The lowest BCUT2D eigenvalue weighted by Gasteiger charge is -2.39. The fraction of sp³-hybridized carbons (Fsp3) is 0.500. The fourth-order valence-electron chi connectivity index (χ4n) is 3.06. The first kappa shape index (κ1) is 16.2. The second kappa shape index (κ2) is 5.77. The summed E-state index contributed by atoms with van der Waals surface area (Å²) in [5.41, 5.74) is 1.98. The molecule has 1 aliphatic heterocycles. The number of guanidine groups is 1. The van der Waals surface area contributed by atoms with Crippen LogP contribution in [0, 0.1) is 5.41 Å². The van der Waals surface area contributed by atoms with E-state index in [2.05, 4.69) is 22.4 Å². The summed E-state index contributed by atoms with van der Waals surface area (Å²) in [5, 5.41) is 20.0. The van der Waals surface area contributed by atoms with Gasteiger partial charge in [-0.3, -0.25) is 24.5 Å². The molecule has 2 aromatic rings. The summed E-state index contributed by atoms with van der Waals surface area (Å²) in [6.45, 7) is 4.91. The lowest BCUT2D eigenvalue weighted by Crippen LogP contribution is -2.58. The van der Waals surface area contributed by atoms with Gasteiger partial charge in [-0.25, -0.2) is 0 Å². The first-order chi connectivity index (χ1) is 11.3. The number of aryl methyl sites for hydroxylation is 2. The molecule has 2 aromatic heterocycles. The van der Waals surface area contributed by atoms with Crippen molar-refractivity contribution in [2.75, 3.05) is 7.05 Å². The summed E-state index contributed by atoms with van der Waals surface area (Å²) in [6.07, 6.45) is 5.08. The molecule has 2 N–H and O–H groups in total. The smallest absolute Gasteiger partial charge is 0.231 e. The van der Waals surface area contributed by atoms with Crippen molar-refractivity contribution in [1.29, 1.82) is 5.41 Å². The van der Waals surface area contributed by atoms with Gasteiger partial charge in [0.1, 0.15) is 0 Å². The largest absolute Gasteiger partial charge is 0.345 e. The summed E-state index contributed by atoms with van der Waals surface area (Å²) >= 11 is 0. The molecule has 24 heavy (non-hydrogen) atoms. The quantitative estimate of drug-likeness (QED) is 0.884. The lowest BCUT2D eigenvalue weighted by molar-refractivity contribution is -0.129. The van der Waals surface area contributed by atoms with Gasteiger partial charge in [-0.2, -0.15) is 10.2 Å². The second-order valence-corrected chi connectivity index (χ2v) is 6.47. The fourth-order valence-corrected chi connectivity index (χ4v) is 3.06. The molecule has 1 saturated heterocycles. The van der Waals surface area contributed by atoms with Crippen LogP contribution in [0.15, 0.2) is 18.5 Å². The topological polar surface area (TPSA) is 91.8 Å². The Morgan fingerprint density at radius 2 is 2.17 bits per heavy atom. The van der Waals surface area contributed by atoms with Crippen LogP contribution in [-0.4, -0.2) is 43.4 Å². The van der Waals surface area contributed by atoms with Crippen molar-refractivity contribution < 1.29 is 4.79 Å². The average Bonchev–Trinajstić information content (AvgIpc) is 3.12. The zero-order valence-electron chi connectivity index (χ0n) is 14.5. The Balaban J connectivity index is 1.93. The molecule has 1 aliphatic rings. The SMILES string of the molecule is CCCn1cc(-c2cc([C@]3(C)CC(=O)N(C)C(=N)N3)n(C)n2)cn1. The van der Waals surface area contributed by atoms with Crippen molar-refractivity contribution in [3.63, 3.8) is 0 Å². The molecule has 0 spiro atoms. The van der Waals surface area contributed by atoms with Crippen LogP contribution < -0.4 is 5.32 Å². The third kappa shape index (κ3) is 2.68. The number of rotatable bonds is 4. The molecule has 0 bridgehead atoms. The molecule has 0 unspecified atom stereocenters. The molecular weight excluding hydrogens is 306 g/mol. The van der Waals surface area contributed by atoms with Gasteiger partial charge in [-0.15, -0.1) is 0 Å². The predicted octanol–water partition coefficient (Wildman–Crippen LogP) is 1.30. The number of nitrogens with one attached hydrogen (secondary N) is 2. The molecule has 1 fully saturated rings.